The van der Waals surface area contributed by atoms with Crippen molar-refractivity contribution in [3.05, 3.63) is 11.6 Å². The average Bonchev–Trinajstić information content (AvgIpc) is 2.56. The molecule has 0 aromatic carbocycles. The molecule has 2 N–H and O–H groups in total. The van der Waals surface area contributed by atoms with Crippen molar-refractivity contribution < 1.29 is 9.90 Å². The number of nitrogens with zero attached hydrogens (tertiary/aromatic N) is 2. The summed E-state index contributed by atoms with van der Waals surface area (Å²) in [7, 11) is 0. The maximum absolute atomic E-state index is 12.2. The van der Waals surface area contributed by atoms with Crippen LogP contribution >= 0.6 is 0 Å². The van der Waals surface area contributed by atoms with E-state index in [-0.39, 0.29) is 12.0 Å². The summed E-state index contributed by atoms with van der Waals surface area (Å²) in [6, 6.07) is 0.438. The van der Waals surface area contributed by atoms with Crippen molar-refractivity contribution >= 4 is 5.91 Å². The summed E-state index contributed by atoms with van der Waals surface area (Å²) in [5, 5.41) is 12.7. The molecule has 0 bridgehead atoms. The number of aliphatic hydroxyl groups is 1. The van der Waals surface area contributed by atoms with Gasteiger partial charge in [0.15, 0.2) is 0 Å². The van der Waals surface area contributed by atoms with E-state index in [0.29, 0.717) is 12.6 Å². The van der Waals surface area contributed by atoms with Gasteiger partial charge in [-0.25, -0.2) is 0 Å². The Hall–Kier alpha value is -0.910. The molecular weight excluding hydrogens is 302 g/mol. The van der Waals surface area contributed by atoms with Crippen LogP contribution in [0.25, 0.3) is 0 Å². The SMILES string of the molecule is CC[C@@H]1CN(CC(=O)NCCC2=CCCCC2)CCN1C[C@@H](C)O. The van der Waals surface area contributed by atoms with Crippen molar-refractivity contribution in [2.75, 3.05) is 39.3 Å². The van der Waals surface area contributed by atoms with E-state index in [9.17, 15) is 9.90 Å². The maximum Gasteiger partial charge on any atom is 0.234 e. The third-order valence-electron chi connectivity index (χ3n) is 5.18. The fourth-order valence-corrected chi connectivity index (χ4v) is 3.82. The number of allylic oxidation sites excluding steroid dienone is 1. The summed E-state index contributed by atoms with van der Waals surface area (Å²) in [6.45, 7) is 8.78. The summed E-state index contributed by atoms with van der Waals surface area (Å²) >= 11 is 0. The first kappa shape index (κ1) is 19.4. The van der Waals surface area contributed by atoms with Gasteiger partial charge in [0.25, 0.3) is 0 Å². The first-order valence-electron chi connectivity index (χ1n) is 9.67. The number of aliphatic hydroxyl groups excluding tert-OH is 1. The lowest BCUT2D eigenvalue weighted by atomic mass is 9.97. The van der Waals surface area contributed by atoms with Gasteiger partial charge in [0.05, 0.1) is 12.6 Å². The van der Waals surface area contributed by atoms with Crippen LogP contribution in [0.15, 0.2) is 11.6 Å². The highest BCUT2D eigenvalue weighted by Crippen LogP contribution is 2.19. The number of β-amino-alcohol motifs (C(OH)–C–C–N with tert-alkyl or cyclic N) is 1. The molecule has 0 spiro atoms. The van der Waals surface area contributed by atoms with Crippen LogP contribution in [0.1, 0.15) is 52.4 Å². The van der Waals surface area contributed by atoms with Gasteiger partial charge in [0.1, 0.15) is 0 Å². The molecule has 0 aromatic rings. The fraction of sp³-hybridized carbons (Fsp3) is 0.842. The minimum absolute atomic E-state index is 0.144. The van der Waals surface area contributed by atoms with Gasteiger partial charge < -0.3 is 10.4 Å². The summed E-state index contributed by atoms with van der Waals surface area (Å²) in [6.07, 6.45) is 9.15. The number of amides is 1. The summed E-state index contributed by atoms with van der Waals surface area (Å²) in [4.78, 5) is 16.8. The Morgan fingerprint density at radius 2 is 2.25 bits per heavy atom. The number of rotatable bonds is 8. The molecule has 1 amide bonds. The fourth-order valence-electron chi connectivity index (χ4n) is 3.82. The number of piperazine rings is 1. The van der Waals surface area contributed by atoms with Crippen molar-refractivity contribution in [1.82, 2.24) is 15.1 Å². The number of hydrogen-bond acceptors (Lipinski definition) is 4. The van der Waals surface area contributed by atoms with Gasteiger partial charge in [0.2, 0.25) is 5.91 Å². The van der Waals surface area contributed by atoms with Crippen LogP contribution in [0.4, 0.5) is 0 Å². The number of carbonyl (C=O) groups excluding carboxylic acids is 1. The molecule has 24 heavy (non-hydrogen) atoms. The Balaban J connectivity index is 1.67. The Morgan fingerprint density at radius 1 is 1.42 bits per heavy atom. The number of hydrogen-bond donors (Lipinski definition) is 2. The third kappa shape index (κ3) is 6.54. The van der Waals surface area contributed by atoms with Crippen LogP contribution in [-0.2, 0) is 4.79 Å². The predicted octanol–water partition coefficient (Wildman–Crippen LogP) is 1.77. The van der Waals surface area contributed by atoms with Crippen molar-refractivity contribution in [2.24, 2.45) is 0 Å². The van der Waals surface area contributed by atoms with E-state index in [2.05, 4.69) is 28.1 Å². The molecule has 1 aliphatic carbocycles. The largest absolute Gasteiger partial charge is 0.392 e. The number of carbonyl (C=O) groups is 1. The zero-order valence-electron chi connectivity index (χ0n) is 15.5. The Labute approximate surface area is 147 Å². The smallest absolute Gasteiger partial charge is 0.234 e. The van der Waals surface area contributed by atoms with Gasteiger partial charge in [-0.3, -0.25) is 14.6 Å². The van der Waals surface area contributed by atoms with Gasteiger partial charge in [-0.1, -0.05) is 18.6 Å². The van der Waals surface area contributed by atoms with Gasteiger partial charge in [0, 0.05) is 38.8 Å². The van der Waals surface area contributed by atoms with Crippen LogP contribution in [0.3, 0.4) is 0 Å². The molecule has 138 valence electrons. The lowest BCUT2D eigenvalue weighted by Crippen LogP contribution is -2.56. The lowest BCUT2D eigenvalue weighted by Gasteiger charge is -2.41. The highest BCUT2D eigenvalue weighted by Gasteiger charge is 2.27. The lowest BCUT2D eigenvalue weighted by molar-refractivity contribution is -0.123. The maximum atomic E-state index is 12.2. The Bertz CT molecular complexity index is 423. The van der Waals surface area contributed by atoms with E-state index in [1.807, 2.05) is 6.92 Å². The molecule has 5 nitrogen and oxygen atoms in total. The molecule has 1 saturated heterocycles. The molecule has 5 heteroatoms. The van der Waals surface area contributed by atoms with E-state index in [1.54, 1.807) is 0 Å². The molecule has 0 saturated carbocycles. The molecule has 2 atom stereocenters. The number of nitrogens with one attached hydrogen (secondary N) is 1. The summed E-state index contributed by atoms with van der Waals surface area (Å²) in [5.41, 5.74) is 1.51. The van der Waals surface area contributed by atoms with Gasteiger partial charge in [-0.15, -0.1) is 0 Å². The third-order valence-corrected chi connectivity index (χ3v) is 5.18. The highest BCUT2D eigenvalue weighted by molar-refractivity contribution is 5.78. The van der Waals surface area contributed by atoms with E-state index in [1.165, 1.54) is 31.3 Å². The van der Waals surface area contributed by atoms with Gasteiger partial charge in [-0.05, 0) is 45.4 Å². The van der Waals surface area contributed by atoms with E-state index < -0.39 is 0 Å². The van der Waals surface area contributed by atoms with E-state index in [4.69, 9.17) is 0 Å². The molecular formula is C19H35N3O2. The minimum atomic E-state index is -0.289. The molecule has 0 unspecified atom stereocenters. The van der Waals surface area contributed by atoms with Gasteiger partial charge >= 0.3 is 0 Å². The molecule has 1 aliphatic heterocycles. The van der Waals surface area contributed by atoms with Crippen molar-refractivity contribution in [3.8, 4) is 0 Å². The van der Waals surface area contributed by atoms with Crippen molar-refractivity contribution in [3.63, 3.8) is 0 Å². The van der Waals surface area contributed by atoms with E-state index >= 15 is 0 Å². The van der Waals surface area contributed by atoms with Gasteiger partial charge in [-0.2, -0.15) is 0 Å². The predicted molar refractivity (Wildman–Crippen MR) is 98.0 cm³/mol. The first-order chi connectivity index (χ1) is 11.6. The van der Waals surface area contributed by atoms with Crippen LogP contribution in [0.2, 0.25) is 0 Å². The molecule has 2 aliphatic rings. The first-order valence-corrected chi connectivity index (χ1v) is 9.67. The van der Waals surface area contributed by atoms with Crippen LogP contribution in [0.5, 0.6) is 0 Å². The molecule has 1 fully saturated rings. The van der Waals surface area contributed by atoms with E-state index in [0.717, 1.165) is 45.6 Å². The second-order valence-corrected chi connectivity index (χ2v) is 7.35. The minimum Gasteiger partial charge on any atom is -0.392 e. The van der Waals surface area contributed by atoms with Crippen molar-refractivity contribution in [1.29, 1.82) is 0 Å². The van der Waals surface area contributed by atoms with Crippen LogP contribution < -0.4 is 5.32 Å². The molecule has 0 radical (unpaired) electrons. The Kier molecular flexibility index (Phi) is 8.22. The summed E-state index contributed by atoms with van der Waals surface area (Å²) < 4.78 is 0. The normalized spacial score (nSPS) is 24.5. The molecule has 0 aromatic heterocycles. The molecule has 2 rings (SSSR count). The van der Waals surface area contributed by atoms with Crippen LogP contribution in [0, 0.1) is 0 Å². The topological polar surface area (TPSA) is 55.8 Å². The van der Waals surface area contributed by atoms with Crippen LogP contribution in [-0.4, -0.2) is 72.2 Å². The second kappa shape index (κ2) is 10.2. The average molecular weight is 338 g/mol. The monoisotopic (exact) mass is 337 g/mol. The molecule has 1 heterocycles. The van der Waals surface area contributed by atoms with Crippen molar-refractivity contribution in [2.45, 2.75) is 64.5 Å². The zero-order chi connectivity index (χ0) is 17.4. The standard InChI is InChI=1S/C19H35N3O2/c1-3-18-14-21(11-12-22(18)13-16(2)23)15-19(24)20-10-9-17-7-5-4-6-8-17/h7,16,18,23H,3-6,8-15H2,1-2H3,(H,20,24)/t16-,18-/m1/s1. The summed E-state index contributed by atoms with van der Waals surface area (Å²) in [5.74, 6) is 0.144. The Morgan fingerprint density at radius 3 is 2.92 bits per heavy atom. The second-order valence-electron chi connectivity index (χ2n) is 7.35. The zero-order valence-corrected chi connectivity index (χ0v) is 15.5. The highest BCUT2D eigenvalue weighted by atomic mass is 16.3. The quantitative estimate of drug-likeness (QED) is 0.663.